The molecule has 1 atom stereocenters. The van der Waals surface area contributed by atoms with E-state index in [9.17, 15) is 0 Å². The van der Waals surface area contributed by atoms with E-state index in [4.69, 9.17) is 9.72 Å². The Bertz CT molecular complexity index is 850. The van der Waals surface area contributed by atoms with Gasteiger partial charge in [-0.2, -0.15) is 4.98 Å². The summed E-state index contributed by atoms with van der Waals surface area (Å²) in [5.41, 5.74) is 4.62. The molecule has 4 nitrogen and oxygen atoms in total. The third-order valence-electron chi connectivity index (χ3n) is 4.63. The Labute approximate surface area is 147 Å². The molecular weight excluding hydrogens is 310 g/mol. The van der Waals surface area contributed by atoms with Gasteiger partial charge in [-0.15, -0.1) is 0 Å². The van der Waals surface area contributed by atoms with Gasteiger partial charge in [0.15, 0.2) is 0 Å². The number of nitrogens with zero attached hydrogens (tertiary/aromatic N) is 2. The zero-order valence-electron chi connectivity index (χ0n) is 14.3. The number of benzene rings is 2. The molecule has 1 unspecified atom stereocenters. The zero-order valence-corrected chi connectivity index (χ0v) is 14.3. The molecule has 0 saturated carbocycles. The van der Waals surface area contributed by atoms with Gasteiger partial charge in [0.2, 0.25) is 5.88 Å². The zero-order chi connectivity index (χ0) is 17.1. The monoisotopic (exact) mass is 331 g/mol. The predicted molar refractivity (Wildman–Crippen MR) is 97.8 cm³/mol. The second-order valence-electron chi connectivity index (χ2n) is 6.27. The van der Waals surface area contributed by atoms with E-state index in [1.165, 1.54) is 11.1 Å². The Balaban J connectivity index is 1.77. The van der Waals surface area contributed by atoms with Crippen LogP contribution in [0.25, 0.3) is 0 Å². The van der Waals surface area contributed by atoms with Gasteiger partial charge in [0.25, 0.3) is 0 Å². The molecule has 126 valence electrons. The van der Waals surface area contributed by atoms with Crippen LogP contribution in [0.1, 0.15) is 34.1 Å². The van der Waals surface area contributed by atoms with E-state index >= 15 is 0 Å². The van der Waals surface area contributed by atoms with Crippen LogP contribution in [0.4, 0.5) is 0 Å². The number of fused-ring (bicyclic) bond motifs is 1. The first-order valence-electron chi connectivity index (χ1n) is 8.58. The molecule has 4 rings (SSSR count). The third kappa shape index (κ3) is 3.26. The maximum Gasteiger partial charge on any atom is 0.221 e. The summed E-state index contributed by atoms with van der Waals surface area (Å²) in [7, 11) is 1.68. The maximum atomic E-state index is 5.58. The number of methoxy groups -OCH3 is 1. The summed E-state index contributed by atoms with van der Waals surface area (Å²) in [6.45, 7) is 1.62. The molecule has 25 heavy (non-hydrogen) atoms. The van der Waals surface area contributed by atoms with Gasteiger partial charge in [-0.1, -0.05) is 60.7 Å². The molecule has 2 aromatic carbocycles. The average molecular weight is 331 g/mol. The van der Waals surface area contributed by atoms with Crippen molar-refractivity contribution in [3.63, 3.8) is 0 Å². The molecule has 0 saturated heterocycles. The minimum atomic E-state index is 0.219. The molecule has 1 N–H and O–H groups in total. The van der Waals surface area contributed by atoms with Crippen molar-refractivity contribution < 1.29 is 4.74 Å². The Kier molecular flexibility index (Phi) is 4.44. The van der Waals surface area contributed by atoms with Gasteiger partial charge >= 0.3 is 0 Å². The fraction of sp³-hybridized carbons (Fsp3) is 0.238. The SMILES string of the molecule is COc1nc(Cc2ccccc2)nc2c1CNCC2c1ccccc1. The molecular formula is C21H21N3O. The molecule has 0 amide bonds. The van der Waals surface area contributed by atoms with Crippen molar-refractivity contribution in [3.8, 4) is 5.88 Å². The molecule has 0 spiro atoms. The van der Waals surface area contributed by atoms with Crippen LogP contribution in [-0.2, 0) is 13.0 Å². The van der Waals surface area contributed by atoms with Crippen molar-refractivity contribution in [2.45, 2.75) is 18.9 Å². The Hall–Kier alpha value is -2.72. The highest BCUT2D eigenvalue weighted by Crippen LogP contribution is 2.32. The van der Waals surface area contributed by atoms with Crippen molar-refractivity contribution in [2.24, 2.45) is 0 Å². The fourth-order valence-corrected chi connectivity index (χ4v) is 3.41. The lowest BCUT2D eigenvalue weighted by molar-refractivity contribution is 0.381. The summed E-state index contributed by atoms with van der Waals surface area (Å²) in [4.78, 5) is 9.60. The van der Waals surface area contributed by atoms with Crippen LogP contribution in [0.15, 0.2) is 60.7 Å². The molecule has 0 bridgehead atoms. The first-order chi connectivity index (χ1) is 12.3. The van der Waals surface area contributed by atoms with Crippen molar-refractivity contribution in [1.29, 1.82) is 0 Å². The van der Waals surface area contributed by atoms with E-state index in [1.54, 1.807) is 7.11 Å². The number of hydrogen-bond donors (Lipinski definition) is 1. The lowest BCUT2D eigenvalue weighted by Gasteiger charge is -2.27. The molecule has 4 heteroatoms. The molecule has 3 aromatic rings. The van der Waals surface area contributed by atoms with Crippen molar-refractivity contribution in [1.82, 2.24) is 15.3 Å². The van der Waals surface area contributed by atoms with E-state index in [1.807, 2.05) is 24.3 Å². The average Bonchev–Trinajstić information content (AvgIpc) is 2.68. The van der Waals surface area contributed by atoms with Crippen LogP contribution in [0.5, 0.6) is 5.88 Å². The quantitative estimate of drug-likeness (QED) is 0.797. The van der Waals surface area contributed by atoms with Gasteiger partial charge in [-0.05, 0) is 11.1 Å². The number of ether oxygens (including phenoxy) is 1. The predicted octanol–water partition coefficient (Wildman–Crippen LogP) is 3.31. The number of hydrogen-bond acceptors (Lipinski definition) is 4. The van der Waals surface area contributed by atoms with E-state index in [-0.39, 0.29) is 5.92 Å². The van der Waals surface area contributed by atoms with Gasteiger partial charge in [-0.25, -0.2) is 4.98 Å². The molecule has 1 aromatic heterocycles. The van der Waals surface area contributed by atoms with E-state index in [0.29, 0.717) is 12.3 Å². The highest BCUT2D eigenvalue weighted by atomic mass is 16.5. The largest absolute Gasteiger partial charge is 0.481 e. The van der Waals surface area contributed by atoms with Gasteiger partial charge < -0.3 is 10.1 Å². The second kappa shape index (κ2) is 7.03. The van der Waals surface area contributed by atoms with Gasteiger partial charge in [0.05, 0.1) is 18.4 Å². The molecule has 0 radical (unpaired) electrons. The Morgan fingerprint density at radius 1 is 1.00 bits per heavy atom. The first-order valence-corrected chi connectivity index (χ1v) is 8.58. The van der Waals surface area contributed by atoms with E-state index < -0.39 is 0 Å². The molecule has 1 aliphatic rings. The van der Waals surface area contributed by atoms with E-state index in [2.05, 4.69) is 46.7 Å². The summed E-state index contributed by atoms with van der Waals surface area (Å²) in [6, 6.07) is 20.8. The minimum absolute atomic E-state index is 0.219. The Morgan fingerprint density at radius 3 is 2.44 bits per heavy atom. The van der Waals surface area contributed by atoms with Crippen LogP contribution in [0.2, 0.25) is 0 Å². The van der Waals surface area contributed by atoms with Gasteiger partial charge in [0, 0.05) is 25.4 Å². The van der Waals surface area contributed by atoms with Crippen molar-refractivity contribution in [3.05, 3.63) is 88.9 Å². The number of rotatable bonds is 4. The molecule has 0 aliphatic carbocycles. The summed E-state index contributed by atoms with van der Waals surface area (Å²) in [5, 5.41) is 3.47. The Morgan fingerprint density at radius 2 is 1.72 bits per heavy atom. The second-order valence-corrected chi connectivity index (χ2v) is 6.27. The van der Waals surface area contributed by atoms with Crippen molar-refractivity contribution >= 4 is 0 Å². The van der Waals surface area contributed by atoms with Crippen LogP contribution in [0.3, 0.4) is 0 Å². The highest BCUT2D eigenvalue weighted by Gasteiger charge is 2.27. The summed E-state index contributed by atoms with van der Waals surface area (Å²) in [5.74, 6) is 1.71. The smallest absolute Gasteiger partial charge is 0.221 e. The van der Waals surface area contributed by atoms with Crippen molar-refractivity contribution in [2.75, 3.05) is 13.7 Å². The maximum absolute atomic E-state index is 5.58. The normalized spacial score (nSPS) is 16.3. The molecule has 2 heterocycles. The third-order valence-corrected chi connectivity index (χ3v) is 4.63. The van der Waals surface area contributed by atoms with Gasteiger partial charge in [0.1, 0.15) is 5.82 Å². The highest BCUT2D eigenvalue weighted by molar-refractivity contribution is 5.41. The number of aromatic nitrogens is 2. The first kappa shape index (κ1) is 15.8. The topological polar surface area (TPSA) is 47.0 Å². The van der Waals surface area contributed by atoms with Crippen LogP contribution < -0.4 is 10.1 Å². The minimum Gasteiger partial charge on any atom is -0.481 e. The summed E-state index contributed by atoms with van der Waals surface area (Å²) in [6.07, 6.45) is 0.708. The lowest BCUT2D eigenvalue weighted by atomic mass is 9.90. The van der Waals surface area contributed by atoms with Crippen LogP contribution in [0, 0.1) is 0 Å². The van der Waals surface area contributed by atoms with Crippen LogP contribution in [-0.4, -0.2) is 23.6 Å². The molecule has 1 aliphatic heterocycles. The van der Waals surface area contributed by atoms with Gasteiger partial charge in [-0.3, -0.25) is 0 Å². The summed E-state index contributed by atoms with van der Waals surface area (Å²) < 4.78 is 5.58. The standard InChI is InChI=1S/C21H21N3O/c1-25-21-18-14-22-13-17(16-10-6-3-7-11-16)20(18)23-19(24-21)12-15-8-4-2-5-9-15/h2-11,17,22H,12-14H2,1H3. The fourth-order valence-electron chi connectivity index (χ4n) is 3.41. The molecule has 0 fully saturated rings. The summed E-state index contributed by atoms with van der Waals surface area (Å²) >= 11 is 0. The number of nitrogens with one attached hydrogen (secondary N) is 1. The van der Waals surface area contributed by atoms with Crippen LogP contribution >= 0.6 is 0 Å². The van der Waals surface area contributed by atoms with E-state index in [0.717, 1.165) is 30.2 Å². The lowest BCUT2D eigenvalue weighted by Crippen LogP contribution is -2.31.